The maximum absolute atomic E-state index is 7.12. The molecule has 0 atom stereocenters. The van der Waals surface area contributed by atoms with Crippen LogP contribution in [-0.4, -0.2) is 0 Å². The summed E-state index contributed by atoms with van der Waals surface area (Å²) >= 11 is 0. The summed E-state index contributed by atoms with van der Waals surface area (Å²) in [5.74, 6) is 0. The highest BCUT2D eigenvalue weighted by molar-refractivity contribution is 6.22. The van der Waals surface area contributed by atoms with Crippen molar-refractivity contribution in [2.75, 3.05) is 4.90 Å². The summed E-state index contributed by atoms with van der Waals surface area (Å²) in [7, 11) is 0. The SMILES string of the molecule is CC1(C)c2ccccc2-c2c1c1c(c3c2oc2ccccc23)-c2ccc(N(c3ccc4c(c3)C3(c5ccccc5-c5ccccc53)c3cc5c(cc3-4)C3(c4ccccc4-c4ccccc43)c3ccc4oc6ccccc6c4c3-5)c3cccc4ccccc34)cc2C1(C)C. The van der Waals surface area contributed by atoms with E-state index in [2.05, 4.69) is 306 Å². The van der Waals surface area contributed by atoms with Gasteiger partial charge in [-0.05, 0) is 194 Å². The van der Waals surface area contributed by atoms with Crippen LogP contribution in [-0.2, 0) is 21.7 Å². The van der Waals surface area contributed by atoms with Crippen LogP contribution in [0.1, 0.15) is 94.5 Å². The Morgan fingerprint density at radius 3 is 1.39 bits per heavy atom. The predicted octanol–water partition coefficient (Wildman–Crippen LogP) is 23.4. The lowest BCUT2D eigenvalue weighted by molar-refractivity contribution is 0.600. The van der Waals surface area contributed by atoms with E-state index in [0.29, 0.717) is 0 Å². The first-order valence-electron chi connectivity index (χ1n) is 32.9. The van der Waals surface area contributed by atoms with E-state index in [9.17, 15) is 0 Å². The molecule has 0 unspecified atom stereocenters. The number of furan rings is 2. The fourth-order valence-electron chi connectivity index (χ4n) is 19.7. The van der Waals surface area contributed by atoms with E-state index < -0.39 is 16.2 Å². The summed E-state index contributed by atoms with van der Waals surface area (Å²) in [6.07, 6.45) is 0. The van der Waals surface area contributed by atoms with Gasteiger partial charge in [-0.25, -0.2) is 0 Å². The first-order valence-corrected chi connectivity index (χ1v) is 32.9. The molecule has 16 aromatic rings. The van der Waals surface area contributed by atoms with Crippen LogP contribution in [0.4, 0.5) is 17.1 Å². The van der Waals surface area contributed by atoms with E-state index in [0.717, 1.165) is 50.2 Å². The van der Waals surface area contributed by atoms with Crippen molar-refractivity contribution >= 4 is 71.7 Å². The van der Waals surface area contributed by atoms with Gasteiger partial charge < -0.3 is 13.7 Å². The molecule has 93 heavy (non-hydrogen) atoms. The van der Waals surface area contributed by atoms with Gasteiger partial charge in [0.25, 0.3) is 0 Å². The van der Waals surface area contributed by atoms with Crippen molar-refractivity contribution in [2.24, 2.45) is 0 Å². The van der Waals surface area contributed by atoms with Gasteiger partial charge >= 0.3 is 0 Å². The first-order chi connectivity index (χ1) is 45.7. The number of para-hydroxylation sites is 2. The van der Waals surface area contributed by atoms with Gasteiger partial charge in [0, 0.05) is 54.7 Å². The molecule has 434 valence electrons. The average Bonchev–Trinajstić information content (AvgIpc) is 1.49. The molecule has 0 aliphatic heterocycles. The van der Waals surface area contributed by atoms with E-state index in [1.807, 2.05) is 0 Å². The van der Waals surface area contributed by atoms with E-state index in [4.69, 9.17) is 8.83 Å². The largest absolute Gasteiger partial charge is 0.456 e. The Morgan fingerprint density at radius 2 is 0.720 bits per heavy atom. The molecular weight excluding hydrogens is 1130 g/mol. The zero-order chi connectivity index (χ0) is 61.2. The molecule has 2 spiro atoms. The van der Waals surface area contributed by atoms with Crippen LogP contribution in [0.5, 0.6) is 0 Å². The Balaban J connectivity index is 0.827. The highest BCUT2D eigenvalue weighted by Gasteiger charge is 2.57. The van der Waals surface area contributed by atoms with Crippen molar-refractivity contribution in [3.05, 3.63) is 340 Å². The lowest BCUT2D eigenvalue weighted by Gasteiger charge is -2.33. The third-order valence-corrected chi connectivity index (χ3v) is 23.2. The molecule has 14 aromatic carbocycles. The smallest absolute Gasteiger partial charge is 0.144 e. The third-order valence-electron chi connectivity index (χ3n) is 23.2. The zero-order valence-corrected chi connectivity index (χ0v) is 51.7. The molecule has 6 aliphatic rings. The van der Waals surface area contributed by atoms with Crippen molar-refractivity contribution in [2.45, 2.75) is 49.4 Å². The molecule has 6 aliphatic carbocycles. The second kappa shape index (κ2) is 17.0. The summed E-state index contributed by atoms with van der Waals surface area (Å²) < 4.78 is 14.0. The highest BCUT2D eigenvalue weighted by atomic mass is 16.3. The number of nitrogens with zero attached hydrogens (tertiary/aromatic N) is 1. The van der Waals surface area contributed by atoms with Gasteiger partial charge in [-0.3, -0.25) is 0 Å². The monoisotopic (exact) mass is 1180 g/mol. The average molecular weight is 1180 g/mol. The molecular formula is C90H57NO2. The lowest BCUT2D eigenvalue weighted by Crippen LogP contribution is -2.27. The minimum Gasteiger partial charge on any atom is -0.456 e. The third kappa shape index (κ3) is 5.80. The van der Waals surface area contributed by atoms with E-state index in [1.165, 1.54) is 155 Å². The second-order valence-corrected chi connectivity index (χ2v) is 28.0. The maximum Gasteiger partial charge on any atom is 0.144 e. The van der Waals surface area contributed by atoms with Crippen LogP contribution in [0, 0.1) is 0 Å². The quantitative estimate of drug-likeness (QED) is 0.177. The number of hydrogen-bond donors (Lipinski definition) is 0. The van der Waals surface area contributed by atoms with Crippen LogP contribution in [0.3, 0.4) is 0 Å². The Hall–Kier alpha value is -11.3. The van der Waals surface area contributed by atoms with Crippen LogP contribution >= 0.6 is 0 Å². The number of hydrogen-bond acceptors (Lipinski definition) is 3. The van der Waals surface area contributed by atoms with Gasteiger partial charge in [0.05, 0.1) is 16.5 Å². The van der Waals surface area contributed by atoms with Gasteiger partial charge in [-0.1, -0.05) is 240 Å². The van der Waals surface area contributed by atoms with Crippen molar-refractivity contribution in [1.29, 1.82) is 0 Å². The molecule has 0 N–H and O–H groups in total. The van der Waals surface area contributed by atoms with E-state index in [1.54, 1.807) is 0 Å². The first kappa shape index (κ1) is 50.5. The van der Waals surface area contributed by atoms with Crippen LogP contribution in [0.25, 0.3) is 121 Å². The Morgan fingerprint density at radius 1 is 0.269 bits per heavy atom. The molecule has 3 nitrogen and oxygen atoms in total. The minimum absolute atomic E-state index is 0.272. The van der Waals surface area contributed by atoms with Crippen molar-refractivity contribution in [1.82, 2.24) is 0 Å². The van der Waals surface area contributed by atoms with Gasteiger partial charge in [-0.15, -0.1) is 0 Å². The molecule has 2 heterocycles. The fraction of sp³-hybridized carbons (Fsp3) is 0.0889. The van der Waals surface area contributed by atoms with Gasteiger partial charge in [-0.2, -0.15) is 0 Å². The van der Waals surface area contributed by atoms with Crippen LogP contribution in [0.15, 0.2) is 282 Å². The molecule has 0 saturated heterocycles. The molecule has 2 aromatic heterocycles. The van der Waals surface area contributed by atoms with Crippen molar-refractivity contribution < 1.29 is 8.83 Å². The number of rotatable bonds is 3. The second-order valence-electron chi connectivity index (χ2n) is 28.0. The molecule has 3 heteroatoms. The maximum atomic E-state index is 7.12. The Bertz CT molecular complexity index is 6060. The fourth-order valence-corrected chi connectivity index (χ4v) is 19.7. The minimum atomic E-state index is -0.688. The van der Waals surface area contributed by atoms with Crippen LogP contribution in [0.2, 0.25) is 0 Å². The van der Waals surface area contributed by atoms with Gasteiger partial charge in [0.15, 0.2) is 0 Å². The molecule has 22 rings (SSSR count). The molecule has 0 fully saturated rings. The standard InChI is InChI=1S/C90H57NO2/c1-87(2)65-32-14-11-29-59(65)83-85(87)84-81(82-62-31-13-20-39-77(62)93-86(82)83)60-43-41-51(46-71(60)88(84,3)4)91(75-37-21-23-50-22-5-6-24-53(50)75)52-40-42-58-63-48-74-64(49-73(63)90(72(58)47-52)68-35-17-9-27-56(68)57-28-10-18-36-69(57)90)79-70(44-45-78-80(79)61-30-12-19-38-76(61)92-78)89(74)66-33-15-7-25-54(66)55-26-8-16-34-67(55)89/h5-49H,1-4H3. The molecule has 0 saturated carbocycles. The van der Waals surface area contributed by atoms with Gasteiger partial charge in [0.2, 0.25) is 0 Å². The zero-order valence-electron chi connectivity index (χ0n) is 51.7. The molecule has 0 amide bonds. The summed E-state index contributed by atoms with van der Waals surface area (Å²) in [5.41, 5.74) is 36.3. The van der Waals surface area contributed by atoms with Gasteiger partial charge in [0.1, 0.15) is 22.3 Å². The predicted molar refractivity (Wildman–Crippen MR) is 381 cm³/mol. The van der Waals surface area contributed by atoms with Crippen molar-refractivity contribution in [3.63, 3.8) is 0 Å². The summed E-state index contributed by atoms with van der Waals surface area (Å²) in [6.45, 7) is 9.81. The van der Waals surface area contributed by atoms with E-state index in [-0.39, 0.29) is 5.41 Å². The normalized spacial score (nSPS) is 15.7. The topological polar surface area (TPSA) is 29.5 Å². The van der Waals surface area contributed by atoms with Crippen LogP contribution < -0.4 is 4.90 Å². The summed E-state index contributed by atoms with van der Waals surface area (Å²) in [4.78, 5) is 2.58. The molecule has 0 bridgehead atoms. The Labute approximate surface area is 538 Å². The number of anilines is 3. The van der Waals surface area contributed by atoms with Crippen molar-refractivity contribution in [3.8, 4) is 66.8 Å². The molecule has 0 radical (unpaired) electrons. The number of fused-ring (bicyclic) bond motifs is 37. The van der Waals surface area contributed by atoms with E-state index >= 15 is 0 Å². The summed E-state index contributed by atoms with van der Waals surface area (Å²) in [5, 5.41) is 7.07. The highest BCUT2D eigenvalue weighted by Crippen LogP contribution is 2.70. The lowest BCUT2D eigenvalue weighted by atomic mass is 9.68. The number of benzene rings is 14. The Kier molecular flexibility index (Phi) is 9.23. The summed E-state index contributed by atoms with van der Waals surface area (Å²) in [6, 6.07) is 104.